The number of hydrogen-bond acceptors (Lipinski definition) is 3. The standard InChI is InChI=1S/C9H16F2N2O2/c1-6-2-3-15-7(6)8(14)13-5-9(10,11)4-12/h6-7H,2-5,12H2,1H3,(H,13,14). The molecule has 1 saturated heterocycles. The first-order valence-corrected chi connectivity index (χ1v) is 4.93. The summed E-state index contributed by atoms with van der Waals surface area (Å²) in [7, 11) is 0. The number of carbonyl (C=O) groups is 1. The average molecular weight is 222 g/mol. The van der Waals surface area contributed by atoms with Gasteiger partial charge < -0.3 is 15.8 Å². The number of amides is 1. The number of rotatable bonds is 4. The summed E-state index contributed by atoms with van der Waals surface area (Å²) in [4.78, 5) is 11.4. The van der Waals surface area contributed by atoms with E-state index >= 15 is 0 Å². The smallest absolute Gasteiger partial charge is 0.277 e. The monoisotopic (exact) mass is 222 g/mol. The molecule has 0 aliphatic carbocycles. The first kappa shape index (κ1) is 12.3. The molecule has 0 aromatic carbocycles. The fraction of sp³-hybridized carbons (Fsp3) is 0.889. The molecule has 0 saturated carbocycles. The highest BCUT2D eigenvalue weighted by Crippen LogP contribution is 2.20. The van der Waals surface area contributed by atoms with Crippen molar-refractivity contribution < 1.29 is 18.3 Å². The molecule has 6 heteroatoms. The Morgan fingerprint density at radius 2 is 2.33 bits per heavy atom. The molecule has 1 aliphatic heterocycles. The molecular formula is C9H16F2N2O2. The number of hydrogen-bond donors (Lipinski definition) is 2. The molecule has 88 valence electrons. The SMILES string of the molecule is CC1CCOC1C(=O)NCC(F)(F)CN. The second kappa shape index (κ2) is 4.85. The van der Waals surface area contributed by atoms with Gasteiger partial charge in [-0.05, 0) is 12.3 Å². The van der Waals surface area contributed by atoms with E-state index in [0.717, 1.165) is 6.42 Å². The van der Waals surface area contributed by atoms with E-state index < -0.39 is 31.0 Å². The molecule has 0 bridgehead atoms. The topological polar surface area (TPSA) is 64.3 Å². The van der Waals surface area contributed by atoms with Crippen molar-refractivity contribution in [3.63, 3.8) is 0 Å². The van der Waals surface area contributed by atoms with Gasteiger partial charge in [-0.3, -0.25) is 4.79 Å². The molecule has 1 fully saturated rings. The number of carbonyl (C=O) groups excluding carboxylic acids is 1. The van der Waals surface area contributed by atoms with Crippen molar-refractivity contribution in [1.29, 1.82) is 0 Å². The summed E-state index contributed by atoms with van der Waals surface area (Å²) < 4.78 is 30.6. The fourth-order valence-electron chi connectivity index (χ4n) is 1.42. The van der Waals surface area contributed by atoms with Crippen molar-refractivity contribution in [1.82, 2.24) is 5.32 Å². The van der Waals surface area contributed by atoms with E-state index in [1.165, 1.54) is 0 Å². The van der Waals surface area contributed by atoms with Crippen LogP contribution in [-0.4, -0.2) is 37.6 Å². The minimum absolute atomic E-state index is 0.0801. The third kappa shape index (κ3) is 3.39. The third-order valence-corrected chi connectivity index (χ3v) is 2.47. The van der Waals surface area contributed by atoms with Crippen LogP contribution >= 0.6 is 0 Å². The molecule has 2 unspecified atom stereocenters. The van der Waals surface area contributed by atoms with Gasteiger partial charge in [-0.2, -0.15) is 0 Å². The Morgan fingerprint density at radius 1 is 1.67 bits per heavy atom. The van der Waals surface area contributed by atoms with Crippen LogP contribution in [0.5, 0.6) is 0 Å². The van der Waals surface area contributed by atoms with E-state index in [0.29, 0.717) is 6.61 Å². The van der Waals surface area contributed by atoms with Gasteiger partial charge >= 0.3 is 0 Å². The number of halogens is 2. The molecule has 4 nitrogen and oxygen atoms in total. The summed E-state index contributed by atoms with van der Waals surface area (Å²) in [6.45, 7) is 0.869. The van der Waals surface area contributed by atoms with Gasteiger partial charge in [0.05, 0.1) is 13.1 Å². The van der Waals surface area contributed by atoms with Gasteiger partial charge in [0.1, 0.15) is 6.10 Å². The van der Waals surface area contributed by atoms with Gasteiger partial charge in [0.2, 0.25) is 5.91 Å². The van der Waals surface area contributed by atoms with Crippen molar-refractivity contribution in [3.05, 3.63) is 0 Å². The molecule has 15 heavy (non-hydrogen) atoms. The zero-order chi connectivity index (χ0) is 11.5. The molecule has 1 amide bonds. The van der Waals surface area contributed by atoms with Gasteiger partial charge in [-0.15, -0.1) is 0 Å². The van der Waals surface area contributed by atoms with Crippen molar-refractivity contribution >= 4 is 5.91 Å². The van der Waals surface area contributed by atoms with E-state index in [2.05, 4.69) is 5.32 Å². The Kier molecular flexibility index (Phi) is 3.98. The molecular weight excluding hydrogens is 206 g/mol. The third-order valence-electron chi connectivity index (χ3n) is 2.47. The zero-order valence-electron chi connectivity index (χ0n) is 8.63. The molecule has 0 radical (unpaired) electrons. The Bertz CT molecular complexity index is 236. The number of ether oxygens (including phenoxy) is 1. The summed E-state index contributed by atoms with van der Waals surface area (Å²) in [5.41, 5.74) is 4.84. The molecule has 0 aromatic heterocycles. The summed E-state index contributed by atoms with van der Waals surface area (Å²) in [5.74, 6) is -3.44. The number of nitrogens with one attached hydrogen (secondary N) is 1. The number of alkyl halides is 2. The lowest BCUT2D eigenvalue weighted by atomic mass is 10.0. The van der Waals surface area contributed by atoms with Crippen LogP contribution in [0.15, 0.2) is 0 Å². The maximum atomic E-state index is 12.7. The van der Waals surface area contributed by atoms with Gasteiger partial charge in [-0.25, -0.2) is 8.78 Å². The second-order valence-corrected chi connectivity index (χ2v) is 3.84. The highest BCUT2D eigenvalue weighted by Gasteiger charge is 2.33. The van der Waals surface area contributed by atoms with E-state index in [-0.39, 0.29) is 5.92 Å². The normalized spacial score (nSPS) is 26.7. The van der Waals surface area contributed by atoms with Crippen LogP contribution in [0.1, 0.15) is 13.3 Å². The van der Waals surface area contributed by atoms with Crippen molar-refractivity contribution in [2.45, 2.75) is 25.4 Å². The van der Waals surface area contributed by atoms with Crippen LogP contribution in [-0.2, 0) is 9.53 Å². The molecule has 0 aromatic rings. The van der Waals surface area contributed by atoms with Crippen molar-refractivity contribution in [2.75, 3.05) is 19.7 Å². The highest BCUT2D eigenvalue weighted by molar-refractivity contribution is 5.81. The first-order chi connectivity index (χ1) is 6.96. The molecule has 1 heterocycles. The second-order valence-electron chi connectivity index (χ2n) is 3.84. The summed E-state index contributed by atoms with van der Waals surface area (Å²) >= 11 is 0. The predicted octanol–water partition coefficient (Wildman–Crippen LogP) is 0.122. The Morgan fingerprint density at radius 3 is 2.80 bits per heavy atom. The average Bonchev–Trinajstić information content (AvgIpc) is 2.61. The van der Waals surface area contributed by atoms with Gasteiger partial charge in [0.15, 0.2) is 0 Å². The molecule has 1 rings (SSSR count). The van der Waals surface area contributed by atoms with Gasteiger partial charge in [-0.1, -0.05) is 6.92 Å². The largest absolute Gasteiger partial charge is 0.368 e. The quantitative estimate of drug-likeness (QED) is 0.710. The maximum absolute atomic E-state index is 12.7. The first-order valence-electron chi connectivity index (χ1n) is 4.93. The summed E-state index contributed by atoms with van der Waals surface area (Å²) in [6, 6.07) is 0. The van der Waals surface area contributed by atoms with Crippen LogP contribution < -0.4 is 11.1 Å². The van der Waals surface area contributed by atoms with Crippen LogP contribution in [0.3, 0.4) is 0 Å². The van der Waals surface area contributed by atoms with Crippen molar-refractivity contribution in [3.8, 4) is 0 Å². The Labute approximate surface area is 87.1 Å². The predicted molar refractivity (Wildman–Crippen MR) is 50.5 cm³/mol. The van der Waals surface area contributed by atoms with Crippen LogP contribution in [0, 0.1) is 5.92 Å². The van der Waals surface area contributed by atoms with Crippen LogP contribution in [0.4, 0.5) is 8.78 Å². The highest BCUT2D eigenvalue weighted by atomic mass is 19.3. The lowest BCUT2D eigenvalue weighted by Crippen LogP contribution is -2.45. The molecule has 3 N–H and O–H groups in total. The van der Waals surface area contributed by atoms with Gasteiger partial charge in [0.25, 0.3) is 5.92 Å². The zero-order valence-corrected chi connectivity index (χ0v) is 8.63. The summed E-state index contributed by atoms with van der Waals surface area (Å²) in [6.07, 6.45) is 0.185. The Balaban J connectivity index is 2.36. The van der Waals surface area contributed by atoms with E-state index in [4.69, 9.17) is 10.5 Å². The van der Waals surface area contributed by atoms with Crippen LogP contribution in [0.25, 0.3) is 0 Å². The van der Waals surface area contributed by atoms with E-state index in [1.54, 1.807) is 0 Å². The molecule has 1 aliphatic rings. The van der Waals surface area contributed by atoms with Gasteiger partial charge in [0, 0.05) is 6.61 Å². The maximum Gasteiger partial charge on any atom is 0.277 e. The Hall–Kier alpha value is -0.750. The number of nitrogens with two attached hydrogens (primary N) is 1. The molecule has 2 atom stereocenters. The van der Waals surface area contributed by atoms with Crippen LogP contribution in [0.2, 0.25) is 0 Å². The lowest BCUT2D eigenvalue weighted by molar-refractivity contribution is -0.133. The molecule has 0 spiro atoms. The fourth-order valence-corrected chi connectivity index (χ4v) is 1.42. The summed E-state index contributed by atoms with van der Waals surface area (Å²) in [5, 5.41) is 2.15. The van der Waals surface area contributed by atoms with E-state index in [9.17, 15) is 13.6 Å². The minimum Gasteiger partial charge on any atom is -0.368 e. The lowest BCUT2D eigenvalue weighted by Gasteiger charge is -2.18. The van der Waals surface area contributed by atoms with E-state index in [1.807, 2.05) is 6.92 Å². The van der Waals surface area contributed by atoms with Crippen molar-refractivity contribution in [2.24, 2.45) is 11.7 Å². The minimum atomic E-state index is -3.04.